The summed E-state index contributed by atoms with van der Waals surface area (Å²) in [6.07, 6.45) is 1.14. The van der Waals surface area contributed by atoms with Gasteiger partial charge in [-0.1, -0.05) is 17.7 Å². The summed E-state index contributed by atoms with van der Waals surface area (Å²) in [5.41, 5.74) is 8.73. The second-order valence-electron chi connectivity index (χ2n) is 5.36. The van der Waals surface area contributed by atoms with Crippen molar-refractivity contribution in [2.24, 2.45) is 5.73 Å². The van der Waals surface area contributed by atoms with Crippen LogP contribution < -0.4 is 11.1 Å². The summed E-state index contributed by atoms with van der Waals surface area (Å²) in [7, 11) is 0. The summed E-state index contributed by atoms with van der Waals surface area (Å²) in [5.74, 6) is 0.0236. The molecular weight excluding hydrogens is 212 g/mol. The van der Waals surface area contributed by atoms with Gasteiger partial charge in [-0.05, 0) is 45.7 Å². The van der Waals surface area contributed by atoms with Crippen molar-refractivity contribution in [1.29, 1.82) is 0 Å². The van der Waals surface area contributed by atoms with Crippen LogP contribution in [0.4, 0.5) is 5.69 Å². The monoisotopic (exact) mass is 234 g/mol. The van der Waals surface area contributed by atoms with Crippen molar-refractivity contribution >= 4 is 11.6 Å². The highest BCUT2D eigenvalue weighted by atomic mass is 16.1. The molecule has 0 saturated heterocycles. The summed E-state index contributed by atoms with van der Waals surface area (Å²) in [6, 6.07) is 5.99. The number of hydrogen-bond donors (Lipinski definition) is 2. The van der Waals surface area contributed by atoms with Crippen LogP contribution in [0.5, 0.6) is 0 Å². The van der Waals surface area contributed by atoms with Gasteiger partial charge < -0.3 is 11.1 Å². The molecule has 1 amide bonds. The quantitative estimate of drug-likeness (QED) is 0.841. The van der Waals surface area contributed by atoms with Crippen molar-refractivity contribution in [1.82, 2.24) is 0 Å². The van der Waals surface area contributed by atoms with Crippen LogP contribution in [0.15, 0.2) is 18.2 Å². The molecule has 0 spiro atoms. The largest absolute Gasteiger partial charge is 0.326 e. The molecule has 1 aromatic carbocycles. The fraction of sp³-hybridized carbons (Fsp3) is 0.500. The molecule has 3 heteroatoms. The van der Waals surface area contributed by atoms with Crippen LogP contribution in [0.3, 0.4) is 0 Å². The Morgan fingerprint density at radius 1 is 1.35 bits per heavy atom. The molecule has 3 N–H and O–H groups in total. The molecule has 17 heavy (non-hydrogen) atoms. The van der Waals surface area contributed by atoms with E-state index in [1.165, 1.54) is 5.56 Å². The van der Waals surface area contributed by atoms with Crippen molar-refractivity contribution in [2.45, 2.75) is 46.1 Å². The predicted molar refractivity (Wildman–Crippen MR) is 72.0 cm³/mol. The number of nitrogens with one attached hydrogen (secondary N) is 1. The zero-order valence-electron chi connectivity index (χ0n) is 11.1. The first kappa shape index (κ1) is 13.7. The Morgan fingerprint density at radius 3 is 2.53 bits per heavy atom. The standard InChI is InChI=1S/C14H22N2O/c1-10-5-6-12(11(2)9-10)16-13(17)7-8-14(3,4)15/h5-6,9H,7-8,15H2,1-4H3,(H,16,17). The molecule has 0 fully saturated rings. The number of amides is 1. The number of rotatable bonds is 4. The van der Waals surface area contributed by atoms with Crippen LogP contribution in [-0.4, -0.2) is 11.4 Å². The molecule has 3 nitrogen and oxygen atoms in total. The first-order valence-corrected chi connectivity index (χ1v) is 5.94. The van der Waals surface area contributed by atoms with E-state index in [-0.39, 0.29) is 11.4 Å². The zero-order valence-corrected chi connectivity index (χ0v) is 11.1. The van der Waals surface area contributed by atoms with Crippen molar-refractivity contribution < 1.29 is 4.79 Å². The molecule has 1 rings (SSSR count). The Hall–Kier alpha value is -1.35. The molecule has 94 valence electrons. The van der Waals surface area contributed by atoms with Crippen LogP contribution in [0.2, 0.25) is 0 Å². The summed E-state index contributed by atoms with van der Waals surface area (Å²) < 4.78 is 0. The highest BCUT2D eigenvalue weighted by Crippen LogP contribution is 2.17. The zero-order chi connectivity index (χ0) is 13.1. The molecule has 0 unspecified atom stereocenters. The Labute approximate surface area is 103 Å². The summed E-state index contributed by atoms with van der Waals surface area (Å²) in [4.78, 5) is 11.7. The summed E-state index contributed by atoms with van der Waals surface area (Å²) in [5, 5.41) is 2.92. The molecule has 1 aromatic rings. The fourth-order valence-corrected chi connectivity index (χ4v) is 1.60. The minimum absolute atomic E-state index is 0.0236. The van der Waals surface area contributed by atoms with Crippen LogP contribution in [0, 0.1) is 13.8 Å². The Balaban J connectivity index is 2.57. The van der Waals surface area contributed by atoms with Gasteiger partial charge in [0, 0.05) is 17.6 Å². The van der Waals surface area contributed by atoms with Crippen LogP contribution in [0.1, 0.15) is 37.8 Å². The maximum atomic E-state index is 11.7. The van der Waals surface area contributed by atoms with E-state index in [0.29, 0.717) is 12.8 Å². The minimum Gasteiger partial charge on any atom is -0.326 e. The van der Waals surface area contributed by atoms with Gasteiger partial charge in [-0.2, -0.15) is 0 Å². The number of anilines is 1. The van der Waals surface area contributed by atoms with Gasteiger partial charge >= 0.3 is 0 Å². The van der Waals surface area contributed by atoms with Gasteiger partial charge in [-0.3, -0.25) is 4.79 Å². The Morgan fingerprint density at radius 2 is 2.00 bits per heavy atom. The first-order chi connectivity index (χ1) is 7.78. The highest BCUT2D eigenvalue weighted by molar-refractivity contribution is 5.91. The molecule has 0 aliphatic carbocycles. The van der Waals surface area contributed by atoms with E-state index in [2.05, 4.69) is 11.4 Å². The van der Waals surface area contributed by atoms with E-state index in [0.717, 1.165) is 11.3 Å². The molecule has 0 saturated carbocycles. The number of aryl methyl sites for hydroxylation is 2. The summed E-state index contributed by atoms with van der Waals surface area (Å²) >= 11 is 0. The van der Waals surface area contributed by atoms with E-state index in [1.807, 2.05) is 39.8 Å². The topological polar surface area (TPSA) is 55.1 Å². The third kappa shape index (κ3) is 5.00. The van der Waals surface area contributed by atoms with Gasteiger partial charge in [-0.25, -0.2) is 0 Å². The van der Waals surface area contributed by atoms with Crippen molar-refractivity contribution in [3.8, 4) is 0 Å². The Bertz CT molecular complexity index is 405. The molecule has 0 heterocycles. The van der Waals surface area contributed by atoms with E-state index < -0.39 is 0 Å². The van der Waals surface area contributed by atoms with Gasteiger partial charge in [0.1, 0.15) is 0 Å². The number of carbonyl (C=O) groups excluding carboxylic acids is 1. The van der Waals surface area contributed by atoms with Gasteiger partial charge in [0.2, 0.25) is 5.91 Å². The van der Waals surface area contributed by atoms with E-state index in [9.17, 15) is 4.79 Å². The van der Waals surface area contributed by atoms with Gasteiger partial charge in [0.25, 0.3) is 0 Å². The first-order valence-electron chi connectivity index (χ1n) is 5.94. The van der Waals surface area contributed by atoms with Crippen molar-refractivity contribution in [3.63, 3.8) is 0 Å². The molecule has 0 radical (unpaired) electrons. The lowest BCUT2D eigenvalue weighted by Crippen LogP contribution is -2.33. The average Bonchev–Trinajstić information content (AvgIpc) is 2.18. The normalized spacial score (nSPS) is 11.4. The van der Waals surface area contributed by atoms with Crippen LogP contribution >= 0.6 is 0 Å². The highest BCUT2D eigenvalue weighted by Gasteiger charge is 2.13. The predicted octanol–water partition coefficient (Wildman–Crippen LogP) is 2.76. The molecule has 0 aromatic heterocycles. The lowest BCUT2D eigenvalue weighted by atomic mass is 10.00. The minimum atomic E-state index is -0.292. The van der Waals surface area contributed by atoms with Crippen LogP contribution in [0.25, 0.3) is 0 Å². The average molecular weight is 234 g/mol. The fourth-order valence-electron chi connectivity index (χ4n) is 1.60. The second kappa shape index (κ2) is 5.32. The maximum Gasteiger partial charge on any atom is 0.224 e. The number of carbonyl (C=O) groups is 1. The van der Waals surface area contributed by atoms with Crippen molar-refractivity contribution in [2.75, 3.05) is 5.32 Å². The van der Waals surface area contributed by atoms with Crippen LogP contribution in [-0.2, 0) is 4.79 Å². The number of hydrogen-bond acceptors (Lipinski definition) is 2. The molecular formula is C14H22N2O. The lowest BCUT2D eigenvalue weighted by Gasteiger charge is -2.18. The Kier molecular flexibility index (Phi) is 4.29. The number of benzene rings is 1. The summed E-state index contributed by atoms with van der Waals surface area (Å²) in [6.45, 7) is 7.89. The van der Waals surface area contributed by atoms with Gasteiger partial charge in [0.05, 0.1) is 0 Å². The smallest absolute Gasteiger partial charge is 0.224 e. The number of nitrogens with two attached hydrogens (primary N) is 1. The molecule has 0 aliphatic heterocycles. The van der Waals surface area contributed by atoms with E-state index >= 15 is 0 Å². The third-order valence-corrected chi connectivity index (χ3v) is 2.65. The second-order valence-corrected chi connectivity index (χ2v) is 5.36. The maximum absolute atomic E-state index is 11.7. The SMILES string of the molecule is Cc1ccc(NC(=O)CCC(C)(C)N)c(C)c1. The van der Waals surface area contributed by atoms with E-state index in [4.69, 9.17) is 5.73 Å². The van der Waals surface area contributed by atoms with Gasteiger partial charge in [0.15, 0.2) is 0 Å². The molecule has 0 atom stereocenters. The third-order valence-electron chi connectivity index (χ3n) is 2.65. The lowest BCUT2D eigenvalue weighted by molar-refractivity contribution is -0.116. The van der Waals surface area contributed by atoms with E-state index in [1.54, 1.807) is 0 Å². The molecule has 0 aliphatic rings. The molecule has 0 bridgehead atoms. The van der Waals surface area contributed by atoms with Gasteiger partial charge in [-0.15, -0.1) is 0 Å². The van der Waals surface area contributed by atoms with Crippen molar-refractivity contribution in [3.05, 3.63) is 29.3 Å².